The van der Waals surface area contributed by atoms with Gasteiger partial charge in [-0.25, -0.2) is 0 Å². The van der Waals surface area contributed by atoms with Crippen LogP contribution in [0.5, 0.6) is 5.75 Å². The third kappa shape index (κ3) is 3.61. The summed E-state index contributed by atoms with van der Waals surface area (Å²) in [6.45, 7) is 2.08. The van der Waals surface area contributed by atoms with Crippen LogP contribution in [0.2, 0.25) is 5.02 Å². The summed E-state index contributed by atoms with van der Waals surface area (Å²) in [5, 5.41) is 15.1. The molecule has 0 saturated carbocycles. The van der Waals surface area contributed by atoms with Gasteiger partial charge in [0.2, 0.25) is 0 Å². The van der Waals surface area contributed by atoms with E-state index in [1.807, 2.05) is 41.4 Å². The van der Waals surface area contributed by atoms with E-state index in [2.05, 4.69) is 46.1 Å². The highest BCUT2D eigenvalue weighted by molar-refractivity contribution is 7.80. The van der Waals surface area contributed by atoms with Gasteiger partial charge in [-0.3, -0.25) is 4.98 Å². The summed E-state index contributed by atoms with van der Waals surface area (Å²) >= 11 is 12.1. The van der Waals surface area contributed by atoms with Gasteiger partial charge in [0, 0.05) is 28.8 Å². The van der Waals surface area contributed by atoms with Gasteiger partial charge in [-0.2, -0.15) is 0 Å². The number of aryl methyl sites for hydroxylation is 1. The normalized spacial score (nSPS) is 18.1. The van der Waals surface area contributed by atoms with Crippen LogP contribution < -0.4 is 10.2 Å². The number of hydrogen-bond acceptors (Lipinski definition) is 3. The predicted molar refractivity (Wildman–Crippen MR) is 132 cm³/mol. The highest BCUT2D eigenvalue weighted by Crippen LogP contribution is 2.45. The number of pyridine rings is 1. The summed E-state index contributed by atoms with van der Waals surface area (Å²) in [5.41, 5.74) is 4.65. The van der Waals surface area contributed by atoms with E-state index in [4.69, 9.17) is 23.8 Å². The number of hydrogen-bond donors (Lipinski definition) is 2. The molecule has 5 rings (SSSR count). The molecule has 160 valence electrons. The third-order valence-corrected chi connectivity index (χ3v) is 6.21. The number of phenols is 1. The SMILES string of the molecule is Cc1cccc(-n2cccc2[C@H]2[C@@H](c3ccccn3)NC(=S)N2c2cc(Cl)ccc2O)c1. The summed E-state index contributed by atoms with van der Waals surface area (Å²) in [7, 11) is 0. The number of rotatable bonds is 4. The number of anilines is 1. The third-order valence-electron chi connectivity index (χ3n) is 5.66. The maximum atomic E-state index is 10.7. The molecule has 2 aromatic heterocycles. The molecule has 32 heavy (non-hydrogen) atoms. The molecule has 7 heteroatoms. The molecular formula is C25H21ClN4OS. The van der Waals surface area contributed by atoms with E-state index in [1.54, 1.807) is 24.4 Å². The Bertz CT molecular complexity index is 1290. The molecule has 1 aliphatic rings. The van der Waals surface area contributed by atoms with Crippen molar-refractivity contribution >= 4 is 34.6 Å². The first-order valence-corrected chi connectivity index (χ1v) is 11.0. The molecule has 5 nitrogen and oxygen atoms in total. The molecule has 0 spiro atoms. The van der Waals surface area contributed by atoms with Crippen molar-refractivity contribution in [3.8, 4) is 11.4 Å². The molecule has 4 aromatic rings. The molecular weight excluding hydrogens is 440 g/mol. The lowest BCUT2D eigenvalue weighted by Gasteiger charge is -2.29. The Hall–Kier alpha value is -3.35. The Morgan fingerprint density at radius 1 is 1.03 bits per heavy atom. The van der Waals surface area contributed by atoms with E-state index in [0.29, 0.717) is 15.8 Å². The predicted octanol–water partition coefficient (Wildman–Crippen LogP) is 5.72. The number of phenolic OH excluding ortho intramolecular Hbond substituents is 1. The number of nitrogens with one attached hydrogen (secondary N) is 1. The summed E-state index contributed by atoms with van der Waals surface area (Å²) in [6, 6.07) is 22.8. The van der Waals surface area contributed by atoms with E-state index in [1.165, 1.54) is 5.56 Å². The van der Waals surface area contributed by atoms with Crippen molar-refractivity contribution < 1.29 is 5.11 Å². The second kappa shape index (κ2) is 8.30. The molecule has 3 heterocycles. The lowest BCUT2D eigenvalue weighted by Crippen LogP contribution is -2.30. The second-order valence-corrected chi connectivity index (χ2v) is 8.59. The minimum Gasteiger partial charge on any atom is -0.506 e. The fraction of sp³-hybridized carbons (Fsp3) is 0.120. The van der Waals surface area contributed by atoms with E-state index < -0.39 is 0 Å². The summed E-state index contributed by atoms with van der Waals surface area (Å²) in [6.07, 6.45) is 3.81. The van der Waals surface area contributed by atoms with Crippen molar-refractivity contribution in [3.63, 3.8) is 0 Å². The molecule has 1 saturated heterocycles. The number of aromatic hydroxyl groups is 1. The van der Waals surface area contributed by atoms with Crippen LogP contribution in [0.3, 0.4) is 0 Å². The minimum atomic E-state index is -0.266. The number of aromatic nitrogens is 2. The van der Waals surface area contributed by atoms with Crippen molar-refractivity contribution in [3.05, 3.63) is 107 Å². The van der Waals surface area contributed by atoms with Crippen LogP contribution in [0.1, 0.15) is 29.0 Å². The van der Waals surface area contributed by atoms with Gasteiger partial charge in [0.05, 0.1) is 17.4 Å². The number of halogens is 1. The first-order chi connectivity index (χ1) is 15.5. The number of benzene rings is 2. The first-order valence-electron chi connectivity index (χ1n) is 10.3. The van der Waals surface area contributed by atoms with Gasteiger partial charge >= 0.3 is 0 Å². The number of nitrogens with zero attached hydrogens (tertiary/aromatic N) is 3. The Labute approximate surface area is 196 Å². The van der Waals surface area contributed by atoms with Crippen LogP contribution in [0.15, 0.2) is 85.2 Å². The smallest absolute Gasteiger partial charge is 0.174 e. The molecule has 0 aliphatic carbocycles. The van der Waals surface area contributed by atoms with Gasteiger partial charge in [0.25, 0.3) is 0 Å². The maximum absolute atomic E-state index is 10.7. The lowest BCUT2D eigenvalue weighted by atomic mass is 10.0. The van der Waals surface area contributed by atoms with Gasteiger partial charge in [0.15, 0.2) is 5.11 Å². The average Bonchev–Trinajstić information content (AvgIpc) is 3.40. The Balaban J connectivity index is 1.70. The highest BCUT2D eigenvalue weighted by Gasteiger charge is 2.43. The topological polar surface area (TPSA) is 53.3 Å². The van der Waals surface area contributed by atoms with Crippen LogP contribution >= 0.6 is 23.8 Å². The monoisotopic (exact) mass is 460 g/mol. The zero-order chi connectivity index (χ0) is 22.2. The second-order valence-electron chi connectivity index (χ2n) is 7.77. The van der Waals surface area contributed by atoms with Crippen LogP contribution in [-0.4, -0.2) is 19.8 Å². The molecule has 0 bridgehead atoms. The van der Waals surface area contributed by atoms with E-state index in [0.717, 1.165) is 17.1 Å². The standard InChI is InChI=1S/C25H21ClN4OS/c1-16-6-4-7-18(14-16)29-13-5-9-20(29)24-23(19-8-2-3-12-27-19)28-25(32)30(24)21-15-17(26)10-11-22(21)31/h2-15,23-24,31H,1H3,(H,28,32)/t23-,24+/m1/s1. The molecule has 0 unspecified atom stereocenters. The number of thiocarbonyl (C=S) groups is 1. The molecule has 0 amide bonds. The van der Waals surface area contributed by atoms with Crippen molar-refractivity contribution in [1.29, 1.82) is 0 Å². The average molecular weight is 461 g/mol. The van der Waals surface area contributed by atoms with Crippen LogP contribution in [0, 0.1) is 6.92 Å². The molecule has 1 fully saturated rings. The zero-order valence-electron chi connectivity index (χ0n) is 17.3. The van der Waals surface area contributed by atoms with E-state index in [-0.39, 0.29) is 17.8 Å². The molecule has 0 radical (unpaired) electrons. The van der Waals surface area contributed by atoms with Gasteiger partial charge in [-0.15, -0.1) is 0 Å². The molecule has 2 atom stereocenters. The molecule has 1 aliphatic heterocycles. The van der Waals surface area contributed by atoms with Crippen LogP contribution in [-0.2, 0) is 0 Å². The van der Waals surface area contributed by atoms with Crippen molar-refractivity contribution in [2.75, 3.05) is 4.90 Å². The quantitative estimate of drug-likeness (QED) is 0.381. The fourth-order valence-electron chi connectivity index (χ4n) is 4.25. The Morgan fingerprint density at radius 3 is 2.69 bits per heavy atom. The van der Waals surface area contributed by atoms with Gasteiger partial charge in [0.1, 0.15) is 11.8 Å². The van der Waals surface area contributed by atoms with Gasteiger partial charge in [-0.1, -0.05) is 29.8 Å². The zero-order valence-corrected chi connectivity index (χ0v) is 18.9. The van der Waals surface area contributed by atoms with Crippen LogP contribution in [0.25, 0.3) is 5.69 Å². The Morgan fingerprint density at radius 2 is 1.91 bits per heavy atom. The first kappa shape index (κ1) is 20.5. The summed E-state index contributed by atoms with van der Waals surface area (Å²) < 4.78 is 2.15. The van der Waals surface area contributed by atoms with Crippen LogP contribution in [0.4, 0.5) is 5.69 Å². The lowest BCUT2D eigenvalue weighted by molar-refractivity contribution is 0.472. The molecule has 2 aromatic carbocycles. The summed E-state index contributed by atoms with van der Waals surface area (Å²) in [4.78, 5) is 6.52. The summed E-state index contributed by atoms with van der Waals surface area (Å²) in [5.74, 6) is 0.110. The van der Waals surface area contributed by atoms with E-state index >= 15 is 0 Å². The van der Waals surface area contributed by atoms with Gasteiger partial charge in [-0.05, 0) is 79.3 Å². The maximum Gasteiger partial charge on any atom is 0.174 e. The van der Waals surface area contributed by atoms with E-state index in [9.17, 15) is 5.11 Å². The Kier molecular flexibility index (Phi) is 5.33. The molecule has 2 N–H and O–H groups in total. The van der Waals surface area contributed by atoms with Crippen molar-refractivity contribution in [2.45, 2.75) is 19.0 Å². The largest absolute Gasteiger partial charge is 0.506 e. The fourth-order valence-corrected chi connectivity index (χ4v) is 4.76. The minimum absolute atomic E-state index is 0.110. The van der Waals surface area contributed by atoms with Crippen molar-refractivity contribution in [1.82, 2.24) is 14.9 Å². The van der Waals surface area contributed by atoms with Gasteiger partial charge < -0.3 is 19.9 Å². The highest BCUT2D eigenvalue weighted by atomic mass is 35.5. The van der Waals surface area contributed by atoms with Crippen molar-refractivity contribution in [2.24, 2.45) is 0 Å².